The number of anilines is 1. The zero-order valence-corrected chi connectivity index (χ0v) is 8.84. The highest BCUT2D eigenvalue weighted by atomic mass is 16.4. The highest BCUT2D eigenvalue weighted by Crippen LogP contribution is 2.09. The standard InChI is InChI=1S/C10H15N3O2/c1-7(2)6-8(9(14)15)13-10-11-4-3-5-12-10/h3-5,7-8H,6H2,1-2H3,(H,14,15)(H,11,12,13)/t8-/m1/s1. The SMILES string of the molecule is CC(C)C[C@@H](Nc1ncccn1)C(=O)O. The quantitative estimate of drug-likeness (QED) is 0.766. The summed E-state index contributed by atoms with van der Waals surface area (Å²) in [5.74, 6) is -0.219. The third-order valence-electron chi connectivity index (χ3n) is 1.87. The molecule has 15 heavy (non-hydrogen) atoms. The Morgan fingerprint density at radius 1 is 1.47 bits per heavy atom. The fraction of sp³-hybridized carbons (Fsp3) is 0.500. The molecule has 0 aliphatic rings. The van der Waals surface area contributed by atoms with Crippen LogP contribution in [0.3, 0.4) is 0 Å². The highest BCUT2D eigenvalue weighted by Gasteiger charge is 2.19. The molecule has 0 aliphatic carbocycles. The van der Waals surface area contributed by atoms with Gasteiger partial charge in [-0.05, 0) is 18.4 Å². The average molecular weight is 209 g/mol. The Morgan fingerprint density at radius 2 is 2.07 bits per heavy atom. The van der Waals surface area contributed by atoms with Crippen molar-refractivity contribution in [1.82, 2.24) is 9.97 Å². The van der Waals surface area contributed by atoms with E-state index in [1.807, 2.05) is 13.8 Å². The molecule has 1 rings (SSSR count). The van der Waals surface area contributed by atoms with Crippen LogP contribution in [0.15, 0.2) is 18.5 Å². The summed E-state index contributed by atoms with van der Waals surface area (Å²) in [5, 5.41) is 11.8. The van der Waals surface area contributed by atoms with Crippen LogP contribution in [0.5, 0.6) is 0 Å². The molecule has 2 N–H and O–H groups in total. The second kappa shape index (κ2) is 5.29. The Kier molecular flexibility index (Phi) is 4.03. The Bertz CT molecular complexity index is 314. The zero-order valence-electron chi connectivity index (χ0n) is 8.84. The Morgan fingerprint density at radius 3 is 2.53 bits per heavy atom. The van der Waals surface area contributed by atoms with Gasteiger partial charge in [0.15, 0.2) is 0 Å². The van der Waals surface area contributed by atoms with Crippen LogP contribution in [-0.4, -0.2) is 27.1 Å². The van der Waals surface area contributed by atoms with Crippen molar-refractivity contribution in [3.05, 3.63) is 18.5 Å². The third kappa shape index (κ3) is 3.93. The van der Waals surface area contributed by atoms with Crippen LogP contribution < -0.4 is 5.32 Å². The fourth-order valence-corrected chi connectivity index (χ4v) is 1.22. The molecule has 1 aromatic heterocycles. The number of hydrogen-bond donors (Lipinski definition) is 2. The maximum absolute atomic E-state index is 10.9. The predicted molar refractivity (Wildman–Crippen MR) is 56.5 cm³/mol. The van der Waals surface area contributed by atoms with Gasteiger partial charge in [-0.15, -0.1) is 0 Å². The van der Waals surface area contributed by atoms with E-state index < -0.39 is 12.0 Å². The van der Waals surface area contributed by atoms with Crippen molar-refractivity contribution < 1.29 is 9.90 Å². The van der Waals surface area contributed by atoms with E-state index in [4.69, 9.17) is 5.11 Å². The van der Waals surface area contributed by atoms with Crippen molar-refractivity contribution in [2.75, 3.05) is 5.32 Å². The van der Waals surface area contributed by atoms with Crippen LogP contribution in [-0.2, 0) is 4.79 Å². The average Bonchev–Trinajstić information content (AvgIpc) is 2.17. The first-order valence-corrected chi connectivity index (χ1v) is 4.86. The molecule has 0 bridgehead atoms. The van der Waals surface area contributed by atoms with Crippen molar-refractivity contribution in [3.63, 3.8) is 0 Å². The van der Waals surface area contributed by atoms with Gasteiger partial charge in [-0.2, -0.15) is 0 Å². The number of nitrogens with zero attached hydrogens (tertiary/aromatic N) is 2. The Hall–Kier alpha value is -1.65. The minimum absolute atomic E-state index is 0.308. The van der Waals surface area contributed by atoms with Gasteiger partial charge in [0.25, 0.3) is 0 Å². The summed E-state index contributed by atoms with van der Waals surface area (Å²) in [7, 11) is 0. The lowest BCUT2D eigenvalue weighted by Gasteiger charge is -2.15. The van der Waals surface area contributed by atoms with Crippen molar-refractivity contribution in [3.8, 4) is 0 Å². The molecule has 0 aromatic carbocycles. The molecular formula is C10H15N3O2. The number of aliphatic carboxylic acids is 1. The summed E-state index contributed by atoms with van der Waals surface area (Å²) < 4.78 is 0. The molecular weight excluding hydrogens is 194 g/mol. The molecule has 0 saturated carbocycles. The number of carboxylic acid groups (broad SMARTS) is 1. The lowest BCUT2D eigenvalue weighted by Crippen LogP contribution is -2.31. The topological polar surface area (TPSA) is 75.1 Å². The highest BCUT2D eigenvalue weighted by molar-refractivity contribution is 5.76. The molecule has 0 unspecified atom stereocenters. The fourth-order valence-electron chi connectivity index (χ4n) is 1.22. The van der Waals surface area contributed by atoms with Crippen LogP contribution in [0.2, 0.25) is 0 Å². The van der Waals surface area contributed by atoms with Crippen molar-refractivity contribution in [2.45, 2.75) is 26.3 Å². The van der Waals surface area contributed by atoms with E-state index in [0.29, 0.717) is 18.3 Å². The molecule has 0 fully saturated rings. The predicted octanol–water partition coefficient (Wildman–Crippen LogP) is 1.39. The molecule has 5 nitrogen and oxygen atoms in total. The zero-order chi connectivity index (χ0) is 11.3. The first kappa shape index (κ1) is 11.4. The number of aromatic nitrogens is 2. The molecule has 1 heterocycles. The van der Waals surface area contributed by atoms with E-state index in [-0.39, 0.29) is 0 Å². The molecule has 0 amide bonds. The summed E-state index contributed by atoms with van der Waals surface area (Å²) in [6.07, 6.45) is 3.70. The van der Waals surface area contributed by atoms with E-state index in [9.17, 15) is 4.79 Å². The Balaban J connectivity index is 2.63. The van der Waals surface area contributed by atoms with E-state index in [0.717, 1.165) is 0 Å². The van der Waals surface area contributed by atoms with Gasteiger partial charge in [0.1, 0.15) is 6.04 Å². The number of hydrogen-bond acceptors (Lipinski definition) is 4. The molecule has 82 valence electrons. The van der Waals surface area contributed by atoms with E-state index in [1.165, 1.54) is 0 Å². The van der Waals surface area contributed by atoms with Crippen LogP contribution >= 0.6 is 0 Å². The lowest BCUT2D eigenvalue weighted by atomic mass is 10.0. The lowest BCUT2D eigenvalue weighted by molar-refractivity contribution is -0.138. The van der Waals surface area contributed by atoms with Crippen molar-refractivity contribution >= 4 is 11.9 Å². The molecule has 5 heteroatoms. The van der Waals surface area contributed by atoms with E-state index in [2.05, 4.69) is 15.3 Å². The van der Waals surface area contributed by atoms with Gasteiger partial charge in [0, 0.05) is 12.4 Å². The van der Waals surface area contributed by atoms with Gasteiger partial charge in [-0.25, -0.2) is 14.8 Å². The van der Waals surface area contributed by atoms with Gasteiger partial charge in [-0.1, -0.05) is 13.8 Å². The van der Waals surface area contributed by atoms with Crippen LogP contribution in [0.4, 0.5) is 5.95 Å². The summed E-state index contributed by atoms with van der Waals surface area (Å²) >= 11 is 0. The van der Waals surface area contributed by atoms with Gasteiger partial charge >= 0.3 is 5.97 Å². The monoisotopic (exact) mass is 209 g/mol. The molecule has 0 radical (unpaired) electrons. The first-order chi connectivity index (χ1) is 7.09. The maximum Gasteiger partial charge on any atom is 0.326 e. The second-order valence-electron chi connectivity index (χ2n) is 3.74. The largest absolute Gasteiger partial charge is 0.480 e. The van der Waals surface area contributed by atoms with Crippen molar-refractivity contribution in [1.29, 1.82) is 0 Å². The van der Waals surface area contributed by atoms with Gasteiger partial charge < -0.3 is 10.4 Å². The van der Waals surface area contributed by atoms with Crippen LogP contribution in [0.25, 0.3) is 0 Å². The molecule has 1 aromatic rings. The summed E-state index contributed by atoms with van der Waals surface area (Å²) in [5.41, 5.74) is 0. The number of rotatable bonds is 5. The number of carboxylic acids is 1. The minimum atomic E-state index is -0.879. The second-order valence-corrected chi connectivity index (χ2v) is 3.74. The molecule has 0 aliphatic heterocycles. The number of carbonyl (C=O) groups is 1. The van der Waals surface area contributed by atoms with Crippen LogP contribution in [0.1, 0.15) is 20.3 Å². The first-order valence-electron chi connectivity index (χ1n) is 4.86. The van der Waals surface area contributed by atoms with Gasteiger partial charge in [0.05, 0.1) is 0 Å². The summed E-state index contributed by atoms with van der Waals surface area (Å²) in [6.45, 7) is 3.95. The molecule has 1 atom stereocenters. The van der Waals surface area contributed by atoms with Gasteiger partial charge in [0.2, 0.25) is 5.95 Å². The smallest absolute Gasteiger partial charge is 0.326 e. The molecule has 0 saturated heterocycles. The van der Waals surface area contributed by atoms with Gasteiger partial charge in [-0.3, -0.25) is 0 Å². The Labute approximate surface area is 88.6 Å². The van der Waals surface area contributed by atoms with Crippen molar-refractivity contribution in [2.24, 2.45) is 5.92 Å². The molecule has 0 spiro atoms. The maximum atomic E-state index is 10.9. The third-order valence-corrected chi connectivity index (χ3v) is 1.87. The minimum Gasteiger partial charge on any atom is -0.480 e. The normalized spacial score (nSPS) is 12.5. The summed E-state index contributed by atoms with van der Waals surface area (Å²) in [6, 6.07) is 1.05. The van der Waals surface area contributed by atoms with Crippen LogP contribution in [0, 0.1) is 5.92 Å². The van der Waals surface area contributed by atoms with E-state index in [1.54, 1.807) is 18.5 Å². The number of nitrogens with one attached hydrogen (secondary N) is 1. The summed E-state index contributed by atoms with van der Waals surface area (Å²) in [4.78, 5) is 18.8. The van der Waals surface area contributed by atoms with E-state index >= 15 is 0 Å².